The molecule has 1 N–H and O–H groups in total. The first-order valence-corrected chi connectivity index (χ1v) is 15.5. The monoisotopic (exact) mass is 551 g/mol. The number of carbonyl (C=O) groups excluding carboxylic acids is 2. The van der Waals surface area contributed by atoms with Gasteiger partial charge in [0.05, 0.1) is 16.9 Å². The number of rotatable bonds is 8. The van der Waals surface area contributed by atoms with Crippen LogP contribution in [0.1, 0.15) is 72.3 Å². The molecule has 0 radical (unpaired) electrons. The second kappa shape index (κ2) is 11.0. The van der Waals surface area contributed by atoms with Crippen molar-refractivity contribution in [3.63, 3.8) is 0 Å². The van der Waals surface area contributed by atoms with Crippen molar-refractivity contribution in [1.29, 1.82) is 0 Å². The molecule has 2 aliphatic rings. The number of anilines is 1. The number of fused-ring (bicyclic) bond motifs is 1. The van der Waals surface area contributed by atoms with Crippen molar-refractivity contribution < 1.29 is 18.0 Å². The highest BCUT2D eigenvalue weighted by Gasteiger charge is 2.47. The van der Waals surface area contributed by atoms with Gasteiger partial charge in [0.15, 0.2) is 0 Å². The zero-order valence-electron chi connectivity index (χ0n) is 21.7. The second-order valence-electron chi connectivity index (χ2n) is 9.78. The molecule has 0 unspecified atom stereocenters. The summed E-state index contributed by atoms with van der Waals surface area (Å²) in [6, 6.07) is 17.4. The van der Waals surface area contributed by atoms with Gasteiger partial charge >= 0.3 is 0 Å². The first-order valence-electron chi connectivity index (χ1n) is 13.2. The third-order valence-electron chi connectivity index (χ3n) is 7.68. The van der Waals surface area contributed by atoms with Gasteiger partial charge in [0.2, 0.25) is 15.9 Å². The van der Waals surface area contributed by atoms with E-state index in [1.807, 2.05) is 46.7 Å². The Balaban J connectivity index is 1.50. The molecule has 1 fully saturated rings. The molecule has 5 rings (SSSR count). The molecule has 3 aromatic rings. The van der Waals surface area contributed by atoms with Gasteiger partial charge in [-0.15, -0.1) is 11.3 Å². The molecule has 9 heteroatoms. The number of amides is 2. The van der Waals surface area contributed by atoms with E-state index < -0.39 is 22.0 Å². The maximum absolute atomic E-state index is 14.0. The van der Waals surface area contributed by atoms with Crippen LogP contribution >= 0.6 is 11.3 Å². The minimum atomic E-state index is -3.59. The van der Waals surface area contributed by atoms with Crippen molar-refractivity contribution >= 4 is 38.9 Å². The van der Waals surface area contributed by atoms with E-state index in [1.54, 1.807) is 37.3 Å². The van der Waals surface area contributed by atoms with E-state index >= 15 is 0 Å². The zero-order chi connectivity index (χ0) is 26.9. The minimum absolute atomic E-state index is 0.0130. The van der Waals surface area contributed by atoms with Gasteiger partial charge < -0.3 is 10.2 Å². The summed E-state index contributed by atoms with van der Waals surface area (Å²) in [6.45, 7) is 4.39. The Bertz CT molecular complexity index is 1390. The average Bonchev–Trinajstić information content (AvgIpc) is 3.64. The third-order valence-corrected chi connectivity index (χ3v) is 10.7. The van der Waals surface area contributed by atoms with E-state index in [1.165, 1.54) is 16.4 Å². The fourth-order valence-corrected chi connectivity index (χ4v) is 8.14. The lowest BCUT2D eigenvalue weighted by atomic mass is 9.80. The van der Waals surface area contributed by atoms with E-state index in [9.17, 15) is 18.0 Å². The first kappa shape index (κ1) is 26.6. The molecule has 2 heterocycles. The maximum atomic E-state index is 14.0. The first-order chi connectivity index (χ1) is 18.4. The predicted octanol–water partition coefficient (Wildman–Crippen LogP) is 5.64. The third kappa shape index (κ3) is 4.79. The number of hydrogen-bond donors (Lipinski definition) is 1. The van der Waals surface area contributed by atoms with Gasteiger partial charge in [-0.05, 0) is 60.2 Å². The van der Waals surface area contributed by atoms with Gasteiger partial charge in [0.25, 0.3) is 5.91 Å². The van der Waals surface area contributed by atoms with Crippen LogP contribution in [0, 0.1) is 0 Å². The summed E-state index contributed by atoms with van der Waals surface area (Å²) in [5.41, 5.74) is 1.82. The second-order valence-corrected chi connectivity index (χ2v) is 12.7. The number of carbonyl (C=O) groups is 2. The fourth-order valence-electron chi connectivity index (χ4n) is 5.82. The van der Waals surface area contributed by atoms with Crippen LogP contribution in [0.2, 0.25) is 0 Å². The average molecular weight is 552 g/mol. The molecule has 38 heavy (non-hydrogen) atoms. The molecular weight excluding hydrogens is 518 g/mol. The summed E-state index contributed by atoms with van der Waals surface area (Å²) >= 11 is 1.56. The molecule has 2 atom stereocenters. The van der Waals surface area contributed by atoms with Crippen LogP contribution in [0.5, 0.6) is 0 Å². The van der Waals surface area contributed by atoms with Crippen molar-refractivity contribution in [2.45, 2.75) is 62.4 Å². The van der Waals surface area contributed by atoms with Gasteiger partial charge in [-0.2, -0.15) is 4.31 Å². The standard InChI is InChI=1S/C29H33N3O4S2/c1-3-31(4-2)38(35,36)22-17-15-20(16-18-22)30-28(33)26-23-12-7-8-13-24(23)29(34)32(21-10-5-6-11-21)27(26)25-14-9-19-37-25/h7-9,12-19,21,26-27H,3-6,10-11H2,1-2H3,(H,30,33)/t26-,27+/m1/s1. The zero-order valence-corrected chi connectivity index (χ0v) is 23.3. The normalized spacial score (nSPS) is 20.1. The highest BCUT2D eigenvalue weighted by atomic mass is 32.2. The number of nitrogens with one attached hydrogen (secondary N) is 1. The van der Waals surface area contributed by atoms with Crippen molar-refractivity contribution in [2.75, 3.05) is 18.4 Å². The molecule has 1 aliphatic heterocycles. The number of thiophene rings is 1. The van der Waals surface area contributed by atoms with E-state index in [2.05, 4.69) is 5.32 Å². The van der Waals surface area contributed by atoms with Gasteiger partial charge in [-0.1, -0.05) is 51.0 Å². The Kier molecular flexibility index (Phi) is 7.70. The van der Waals surface area contributed by atoms with Crippen LogP contribution < -0.4 is 5.32 Å². The van der Waals surface area contributed by atoms with Gasteiger partial charge in [-0.25, -0.2) is 8.42 Å². The summed E-state index contributed by atoms with van der Waals surface area (Å²) in [4.78, 5) is 31.0. The van der Waals surface area contributed by atoms with Crippen LogP contribution in [0.15, 0.2) is 70.9 Å². The molecular formula is C29H33N3O4S2. The van der Waals surface area contributed by atoms with Crippen LogP contribution in [-0.2, 0) is 14.8 Å². The molecule has 200 valence electrons. The summed E-state index contributed by atoms with van der Waals surface area (Å²) < 4.78 is 27.2. The Hall–Kier alpha value is -3.01. The van der Waals surface area contributed by atoms with Gasteiger partial charge in [-0.3, -0.25) is 9.59 Å². The lowest BCUT2D eigenvalue weighted by Gasteiger charge is -2.44. The van der Waals surface area contributed by atoms with Crippen LogP contribution in [0.4, 0.5) is 5.69 Å². The van der Waals surface area contributed by atoms with E-state index in [0.29, 0.717) is 24.3 Å². The molecule has 1 saturated carbocycles. The highest BCUT2D eigenvalue weighted by Crippen LogP contribution is 2.47. The Morgan fingerprint density at radius 3 is 2.32 bits per heavy atom. The van der Waals surface area contributed by atoms with Crippen molar-refractivity contribution in [3.05, 3.63) is 82.0 Å². The minimum Gasteiger partial charge on any atom is -0.327 e. The molecule has 7 nitrogen and oxygen atoms in total. The summed E-state index contributed by atoms with van der Waals surface area (Å²) in [5, 5.41) is 5.01. The smallest absolute Gasteiger partial charge is 0.254 e. The van der Waals surface area contributed by atoms with Crippen molar-refractivity contribution in [3.8, 4) is 0 Å². The molecule has 2 aromatic carbocycles. The summed E-state index contributed by atoms with van der Waals surface area (Å²) in [7, 11) is -3.59. The van der Waals surface area contributed by atoms with Gasteiger partial charge in [0, 0.05) is 35.3 Å². The number of nitrogens with zero attached hydrogens (tertiary/aromatic N) is 2. The topological polar surface area (TPSA) is 86.8 Å². The molecule has 0 spiro atoms. The highest BCUT2D eigenvalue weighted by molar-refractivity contribution is 7.89. The van der Waals surface area contributed by atoms with Crippen LogP contribution in [0.25, 0.3) is 0 Å². The van der Waals surface area contributed by atoms with Crippen LogP contribution in [0.3, 0.4) is 0 Å². The lowest BCUT2D eigenvalue weighted by molar-refractivity contribution is -0.119. The quantitative estimate of drug-likeness (QED) is 0.393. The van der Waals surface area contributed by atoms with Crippen molar-refractivity contribution in [1.82, 2.24) is 9.21 Å². The Labute approximate surface area is 228 Å². The molecule has 1 aromatic heterocycles. The lowest BCUT2D eigenvalue weighted by Crippen LogP contribution is -2.49. The molecule has 1 aliphatic carbocycles. The van der Waals surface area contributed by atoms with Crippen LogP contribution in [-0.4, -0.2) is 48.6 Å². The summed E-state index contributed by atoms with van der Waals surface area (Å²) in [5.74, 6) is -0.825. The fraction of sp³-hybridized carbons (Fsp3) is 0.379. The maximum Gasteiger partial charge on any atom is 0.254 e. The molecule has 0 saturated heterocycles. The molecule has 2 amide bonds. The molecule has 0 bridgehead atoms. The SMILES string of the molecule is CCN(CC)S(=O)(=O)c1ccc(NC(=O)[C@@H]2c3ccccc3C(=O)N(C3CCCC3)[C@H]2c2cccs2)cc1. The largest absolute Gasteiger partial charge is 0.327 e. The Morgan fingerprint density at radius 1 is 1.00 bits per heavy atom. The summed E-state index contributed by atoms with van der Waals surface area (Å²) in [6.07, 6.45) is 4.03. The van der Waals surface area contributed by atoms with E-state index in [4.69, 9.17) is 0 Å². The Morgan fingerprint density at radius 2 is 1.68 bits per heavy atom. The number of sulfonamides is 1. The number of benzene rings is 2. The van der Waals surface area contributed by atoms with E-state index in [-0.39, 0.29) is 22.8 Å². The van der Waals surface area contributed by atoms with E-state index in [0.717, 1.165) is 36.1 Å². The van der Waals surface area contributed by atoms with Crippen molar-refractivity contribution in [2.24, 2.45) is 0 Å². The van der Waals surface area contributed by atoms with Gasteiger partial charge in [0.1, 0.15) is 0 Å². The number of hydrogen-bond acceptors (Lipinski definition) is 5. The predicted molar refractivity (Wildman–Crippen MR) is 150 cm³/mol.